The van der Waals surface area contributed by atoms with Crippen LogP contribution in [0.25, 0.3) is 11.0 Å². The van der Waals surface area contributed by atoms with Crippen molar-refractivity contribution in [3.63, 3.8) is 0 Å². The van der Waals surface area contributed by atoms with Crippen LogP contribution in [0.15, 0.2) is 27.4 Å². The highest BCUT2D eigenvalue weighted by Gasteiger charge is 2.10. The van der Waals surface area contributed by atoms with Crippen molar-refractivity contribution in [1.82, 2.24) is 0 Å². The molecule has 0 radical (unpaired) electrons. The molecule has 2 aromatic rings. The largest absolute Gasteiger partial charge is 0.504 e. The number of halogens is 1. The lowest BCUT2D eigenvalue weighted by atomic mass is 10.1. The van der Waals surface area contributed by atoms with Gasteiger partial charge in [-0.1, -0.05) is 6.07 Å². The van der Waals surface area contributed by atoms with Crippen LogP contribution in [0, 0.1) is 6.92 Å². The summed E-state index contributed by atoms with van der Waals surface area (Å²) in [5.74, 6) is 0.173. The first-order chi connectivity index (χ1) is 7.13. The molecule has 1 heterocycles. The van der Waals surface area contributed by atoms with Gasteiger partial charge >= 0.3 is 5.63 Å². The SMILES string of the molecule is Cc1ccc(O)c2oc(=O)cc(CCl)c12. The van der Waals surface area contributed by atoms with E-state index in [0.717, 1.165) is 5.56 Å². The molecule has 2 rings (SSSR count). The molecule has 1 aromatic carbocycles. The second kappa shape index (κ2) is 3.59. The molecule has 78 valence electrons. The summed E-state index contributed by atoms with van der Waals surface area (Å²) in [4.78, 5) is 11.2. The lowest BCUT2D eigenvalue weighted by Gasteiger charge is -2.06. The van der Waals surface area contributed by atoms with Gasteiger partial charge < -0.3 is 9.52 Å². The van der Waals surface area contributed by atoms with E-state index in [1.54, 1.807) is 6.07 Å². The Morgan fingerprint density at radius 3 is 2.87 bits per heavy atom. The van der Waals surface area contributed by atoms with Crippen molar-refractivity contribution in [1.29, 1.82) is 0 Å². The zero-order valence-corrected chi connectivity index (χ0v) is 8.84. The number of alkyl halides is 1. The van der Waals surface area contributed by atoms with E-state index in [-0.39, 0.29) is 17.2 Å². The van der Waals surface area contributed by atoms with Gasteiger partial charge in [-0.05, 0) is 24.1 Å². The predicted octanol–water partition coefficient (Wildman–Crippen LogP) is 2.55. The average molecular weight is 225 g/mol. The normalized spacial score (nSPS) is 10.8. The predicted molar refractivity (Wildman–Crippen MR) is 58.4 cm³/mol. The summed E-state index contributed by atoms with van der Waals surface area (Å²) in [7, 11) is 0. The Kier molecular flexibility index (Phi) is 2.40. The van der Waals surface area contributed by atoms with Gasteiger partial charge in [-0.2, -0.15) is 0 Å². The van der Waals surface area contributed by atoms with Gasteiger partial charge in [-0.3, -0.25) is 0 Å². The molecule has 0 aliphatic heterocycles. The summed E-state index contributed by atoms with van der Waals surface area (Å²) in [6.07, 6.45) is 0. The molecule has 0 bridgehead atoms. The van der Waals surface area contributed by atoms with Crippen LogP contribution in [0.2, 0.25) is 0 Å². The topological polar surface area (TPSA) is 50.4 Å². The molecular weight excluding hydrogens is 216 g/mol. The Bertz CT molecular complexity index is 572. The van der Waals surface area contributed by atoms with Gasteiger partial charge in [0.1, 0.15) is 0 Å². The maximum absolute atomic E-state index is 11.2. The van der Waals surface area contributed by atoms with Crippen molar-refractivity contribution in [2.45, 2.75) is 12.8 Å². The second-order valence-corrected chi connectivity index (χ2v) is 3.60. The molecule has 0 aliphatic carbocycles. The van der Waals surface area contributed by atoms with Crippen LogP contribution in [0.5, 0.6) is 5.75 Å². The molecule has 15 heavy (non-hydrogen) atoms. The highest BCUT2D eigenvalue weighted by Crippen LogP contribution is 2.29. The molecule has 1 aromatic heterocycles. The lowest BCUT2D eigenvalue weighted by Crippen LogP contribution is -2.00. The van der Waals surface area contributed by atoms with Crippen molar-refractivity contribution in [3.8, 4) is 5.75 Å². The molecule has 0 spiro atoms. The summed E-state index contributed by atoms with van der Waals surface area (Å²) >= 11 is 5.74. The number of aryl methyl sites for hydroxylation is 1. The lowest BCUT2D eigenvalue weighted by molar-refractivity contribution is 0.456. The van der Waals surface area contributed by atoms with Gasteiger partial charge in [0.25, 0.3) is 0 Å². The molecule has 1 N–H and O–H groups in total. The van der Waals surface area contributed by atoms with Crippen molar-refractivity contribution in [3.05, 3.63) is 39.7 Å². The van der Waals surface area contributed by atoms with Crippen LogP contribution < -0.4 is 5.63 Å². The molecule has 4 heteroatoms. The van der Waals surface area contributed by atoms with Crippen LogP contribution in [-0.2, 0) is 5.88 Å². The van der Waals surface area contributed by atoms with Gasteiger partial charge in [-0.15, -0.1) is 11.6 Å². The summed E-state index contributed by atoms with van der Waals surface area (Å²) in [5.41, 5.74) is 1.30. The number of phenols is 1. The van der Waals surface area contributed by atoms with Crippen LogP contribution in [-0.4, -0.2) is 5.11 Å². The van der Waals surface area contributed by atoms with Gasteiger partial charge in [0.15, 0.2) is 11.3 Å². The average Bonchev–Trinajstić information content (AvgIpc) is 2.22. The first-order valence-corrected chi connectivity index (χ1v) is 4.98. The fourth-order valence-corrected chi connectivity index (χ4v) is 1.83. The van der Waals surface area contributed by atoms with E-state index >= 15 is 0 Å². The third-order valence-corrected chi connectivity index (χ3v) is 2.59. The minimum Gasteiger partial charge on any atom is -0.504 e. The van der Waals surface area contributed by atoms with Crippen molar-refractivity contribution >= 4 is 22.6 Å². The first-order valence-electron chi connectivity index (χ1n) is 4.44. The smallest absolute Gasteiger partial charge is 0.336 e. The second-order valence-electron chi connectivity index (χ2n) is 3.33. The molecule has 3 nitrogen and oxygen atoms in total. The van der Waals surface area contributed by atoms with E-state index in [2.05, 4.69) is 0 Å². The van der Waals surface area contributed by atoms with Crippen molar-refractivity contribution in [2.24, 2.45) is 0 Å². The minimum absolute atomic E-state index is 0.0420. The third-order valence-electron chi connectivity index (χ3n) is 2.31. The molecule has 0 saturated carbocycles. The fourth-order valence-electron chi connectivity index (χ4n) is 1.62. The highest BCUT2D eigenvalue weighted by molar-refractivity contribution is 6.18. The van der Waals surface area contributed by atoms with E-state index in [1.165, 1.54) is 12.1 Å². The summed E-state index contributed by atoms with van der Waals surface area (Å²) in [6, 6.07) is 4.61. The van der Waals surface area contributed by atoms with E-state index < -0.39 is 5.63 Å². The fraction of sp³-hybridized carbons (Fsp3) is 0.182. The minimum atomic E-state index is -0.501. The standard InChI is InChI=1S/C11H9ClO3/c1-6-2-3-8(13)11-10(6)7(5-12)4-9(14)15-11/h2-4,13H,5H2,1H3. The maximum atomic E-state index is 11.2. The van der Waals surface area contributed by atoms with Gasteiger partial charge in [0.2, 0.25) is 0 Å². The molecule has 0 fully saturated rings. The van der Waals surface area contributed by atoms with Gasteiger partial charge in [-0.25, -0.2) is 4.79 Å². The Morgan fingerprint density at radius 2 is 2.20 bits per heavy atom. The van der Waals surface area contributed by atoms with Crippen LogP contribution in [0.4, 0.5) is 0 Å². The van der Waals surface area contributed by atoms with E-state index in [0.29, 0.717) is 10.9 Å². The molecule has 0 unspecified atom stereocenters. The number of rotatable bonds is 1. The number of aromatic hydroxyl groups is 1. The third kappa shape index (κ3) is 1.59. The number of hydrogen-bond acceptors (Lipinski definition) is 3. The zero-order chi connectivity index (χ0) is 11.0. The summed E-state index contributed by atoms with van der Waals surface area (Å²) in [6.45, 7) is 1.87. The first kappa shape index (κ1) is 10.1. The number of phenolic OH excluding ortho intramolecular Hbond substituents is 1. The number of benzene rings is 1. The Morgan fingerprint density at radius 1 is 1.47 bits per heavy atom. The molecule has 0 amide bonds. The van der Waals surface area contributed by atoms with Crippen molar-refractivity contribution in [2.75, 3.05) is 0 Å². The van der Waals surface area contributed by atoms with Crippen LogP contribution in [0.1, 0.15) is 11.1 Å². The molecule has 0 aliphatic rings. The molecule has 0 atom stereocenters. The highest BCUT2D eigenvalue weighted by atomic mass is 35.5. The van der Waals surface area contributed by atoms with E-state index in [1.807, 2.05) is 6.92 Å². The zero-order valence-electron chi connectivity index (χ0n) is 8.08. The Hall–Kier alpha value is -1.48. The monoisotopic (exact) mass is 224 g/mol. The number of fused-ring (bicyclic) bond motifs is 1. The summed E-state index contributed by atoms with van der Waals surface area (Å²) in [5, 5.41) is 10.3. The molecular formula is C11H9ClO3. The van der Waals surface area contributed by atoms with Crippen LogP contribution >= 0.6 is 11.6 Å². The van der Waals surface area contributed by atoms with Crippen molar-refractivity contribution < 1.29 is 9.52 Å². The number of hydrogen-bond donors (Lipinski definition) is 1. The van der Waals surface area contributed by atoms with Gasteiger partial charge in [0.05, 0.1) is 0 Å². The Balaban J connectivity index is 3.01. The van der Waals surface area contributed by atoms with Crippen LogP contribution in [0.3, 0.4) is 0 Å². The maximum Gasteiger partial charge on any atom is 0.336 e. The quantitative estimate of drug-likeness (QED) is 0.598. The summed E-state index contributed by atoms with van der Waals surface area (Å²) < 4.78 is 4.95. The van der Waals surface area contributed by atoms with E-state index in [9.17, 15) is 9.90 Å². The van der Waals surface area contributed by atoms with E-state index in [4.69, 9.17) is 16.0 Å². The van der Waals surface area contributed by atoms with Gasteiger partial charge in [0, 0.05) is 17.3 Å². The molecule has 0 saturated heterocycles. The Labute approximate surface area is 90.9 Å².